The zero-order valence-electron chi connectivity index (χ0n) is 28.0. The lowest BCUT2D eigenvalue weighted by Crippen LogP contribution is -2.30. The molecule has 0 amide bonds. The Bertz CT molecular complexity index is 1080. The summed E-state index contributed by atoms with van der Waals surface area (Å²) in [5.74, 6) is 0.0876. The monoisotopic (exact) mass is 577 g/mol. The third-order valence-corrected chi connectivity index (χ3v) is 7.57. The normalized spacial score (nSPS) is 12.8. The number of Topliss-reactive ketones (excluding diaryl/α,β-unsaturated/α-hetero) is 1. The fraction of sp³-hybridized carbons (Fsp3) is 0.553. The van der Waals surface area contributed by atoms with E-state index in [1.54, 1.807) is 7.11 Å². The number of aliphatic hydroxyl groups excluding tert-OH is 1. The summed E-state index contributed by atoms with van der Waals surface area (Å²) < 4.78 is 4.75. The van der Waals surface area contributed by atoms with Crippen LogP contribution in [0.25, 0.3) is 11.6 Å². The summed E-state index contributed by atoms with van der Waals surface area (Å²) in [5, 5.41) is 10.9. The summed E-state index contributed by atoms with van der Waals surface area (Å²) in [6, 6.07) is 14.0. The second kappa shape index (κ2) is 21.2. The number of unbranched alkanes of at least 4 members (excludes halogenated alkanes) is 3. The molecule has 0 saturated carbocycles. The number of hydrogen-bond donors (Lipinski definition) is 1. The summed E-state index contributed by atoms with van der Waals surface area (Å²) in [6.45, 7) is 21.2. The molecule has 4 heteroatoms. The number of ether oxygens (including phenoxy) is 1. The maximum atomic E-state index is 13.7. The van der Waals surface area contributed by atoms with Crippen molar-refractivity contribution in [1.29, 1.82) is 0 Å². The number of benzene rings is 2. The molecule has 0 saturated heterocycles. The van der Waals surface area contributed by atoms with Crippen LogP contribution in [0.4, 0.5) is 0 Å². The van der Waals surface area contributed by atoms with E-state index in [1.165, 1.54) is 11.1 Å². The average molecular weight is 578 g/mol. The van der Waals surface area contributed by atoms with Gasteiger partial charge in [0.2, 0.25) is 0 Å². The first-order chi connectivity index (χ1) is 20.3. The van der Waals surface area contributed by atoms with E-state index in [0.29, 0.717) is 18.2 Å². The van der Waals surface area contributed by atoms with E-state index < -0.39 is 6.10 Å². The van der Waals surface area contributed by atoms with E-state index in [-0.39, 0.29) is 5.78 Å². The zero-order valence-corrected chi connectivity index (χ0v) is 28.0. The number of fused-ring (bicyclic) bond motifs is 1. The summed E-state index contributed by atoms with van der Waals surface area (Å²) >= 11 is 0. The first kappa shape index (κ1) is 37.5. The molecule has 234 valence electrons. The molecule has 0 fully saturated rings. The highest BCUT2D eigenvalue weighted by atomic mass is 16.5. The molecule has 3 rings (SSSR count). The molecule has 42 heavy (non-hydrogen) atoms. The van der Waals surface area contributed by atoms with Crippen molar-refractivity contribution >= 4 is 17.4 Å². The van der Waals surface area contributed by atoms with Gasteiger partial charge >= 0.3 is 0 Å². The van der Waals surface area contributed by atoms with Gasteiger partial charge in [0.1, 0.15) is 0 Å². The van der Waals surface area contributed by atoms with Crippen molar-refractivity contribution in [2.24, 2.45) is 0 Å². The summed E-state index contributed by atoms with van der Waals surface area (Å²) in [7, 11) is 1.70. The highest BCUT2D eigenvalue weighted by molar-refractivity contribution is 6.30. The van der Waals surface area contributed by atoms with Crippen molar-refractivity contribution in [3.8, 4) is 0 Å². The molecule has 1 aliphatic carbocycles. The average Bonchev–Trinajstić information content (AvgIpc) is 3.39. The lowest BCUT2D eigenvalue weighted by atomic mass is 9.93. The highest BCUT2D eigenvalue weighted by Gasteiger charge is 2.27. The Morgan fingerprint density at radius 2 is 1.55 bits per heavy atom. The van der Waals surface area contributed by atoms with Crippen LogP contribution in [-0.4, -0.2) is 48.6 Å². The van der Waals surface area contributed by atoms with Gasteiger partial charge in [-0.3, -0.25) is 4.79 Å². The quantitative estimate of drug-likeness (QED) is 0.202. The van der Waals surface area contributed by atoms with Crippen LogP contribution in [0.3, 0.4) is 0 Å². The highest BCUT2D eigenvalue weighted by Crippen LogP contribution is 2.38. The van der Waals surface area contributed by atoms with E-state index >= 15 is 0 Å². The van der Waals surface area contributed by atoms with Crippen LogP contribution in [0, 0.1) is 0 Å². The molecule has 1 unspecified atom stereocenters. The lowest BCUT2D eigenvalue weighted by molar-refractivity contribution is 0.105. The van der Waals surface area contributed by atoms with E-state index in [1.807, 2.05) is 58.0 Å². The molecule has 0 bridgehead atoms. The number of methoxy groups -OCH3 is 1. The number of carbonyl (C=O) groups excluding carboxylic acids is 1. The molecule has 0 heterocycles. The zero-order chi connectivity index (χ0) is 31.5. The van der Waals surface area contributed by atoms with Crippen LogP contribution >= 0.6 is 0 Å². The largest absolute Gasteiger partial charge is 0.387 e. The number of aliphatic hydroxyl groups is 1. The minimum atomic E-state index is -0.547. The predicted molar refractivity (Wildman–Crippen MR) is 182 cm³/mol. The fourth-order valence-corrected chi connectivity index (χ4v) is 4.91. The smallest absolute Gasteiger partial charge is 0.193 e. The molecule has 1 atom stereocenters. The van der Waals surface area contributed by atoms with Crippen molar-refractivity contribution in [2.45, 2.75) is 112 Å². The molecule has 1 N–H and O–H groups in total. The minimum Gasteiger partial charge on any atom is -0.387 e. The Morgan fingerprint density at radius 1 is 0.976 bits per heavy atom. The standard InChI is InChI=1S/C32H43NO2.C4H10O.C2H6/c1-5-9-12-28-22-27-14-13-24(8-4)21-29(27)31(28)32(35)26-17-15-25(16-18-26)30(34)23-33(19-10-6-2)20-11-7-3;1-4(2)5-3;1-2/h8,13-18,21,30,34H,4-7,9-12,19-20,22-23H2,1-3H3;4H,1-3H3;1-2H3. The SMILES string of the molecule is C=Cc1ccc2c(c1)C(C(=O)c1ccc(C(O)CN(CCCC)CCCC)cc1)=C(CCCC)C2.CC.COC(C)C. The third-order valence-electron chi connectivity index (χ3n) is 7.57. The van der Waals surface area contributed by atoms with Gasteiger partial charge in [0.05, 0.1) is 12.2 Å². The van der Waals surface area contributed by atoms with Crippen molar-refractivity contribution in [2.75, 3.05) is 26.7 Å². The first-order valence-electron chi connectivity index (χ1n) is 16.3. The van der Waals surface area contributed by atoms with Crippen molar-refractivity contribution in [1.82, 2.24) is 4.90 Å². The molecule has 4 nitrogen and oxygen atoms in total. The van der Waals surface area contributed by atoms with Gasteiger partial charge in [0.15, 0.2) is 5.78 Å². The van der Waals surface area contributed by atoms with Crippen LogP contribution in [0.5, 0.6) is 0 Å². The molecule has 0 aromatic heterocycles. The number of hydrogen-bond acceptors (Lipinski definition) is 4. The van der Waals surface area contributed by atoms with Gasteiger partial charge < -0.3 is 14.7 Å². The second-order valence-electron chi connectivity index (χ2n) is 11.1. The maximum absolute atomic E-state index is 13.7. The Morgan fingerprint density at radius 3 is 2.05 bits per heavy atom. The van der Waals surface area contributed by atoms with Crippen molar-refractivity contribution in [3.63, 3.8) is 0 Å². The van der Waals surface area contributed by atoms with Crippen LogP contribution in [0.2, 0.25) is 0 Å². The first-order valence-corrected chi connectivity index (χ1v) is 16.3. The molecule has 0 radical (unpaired) electrons. The summed E-state index contributed by atoms with van der Waals surface area (Å²) in [5.41, 5.74) is 7.02. The van der Waals surface area contributed by atoms with Crippen LogP contribution < -0.4 is 0 Å². The van der Waals surface area contributed by atoms with Gasteiger partial charge in [0.25, 0.3) is 0 Å². The van der Waals surface area contributed by atoms with E-state index in [2.05, 4.69) is 50.4 Å². The van der Waals surface area contributed by atoms with Gasteiger partial charge in [-0.15, -0.1) is 0 Å². The van der Waals surface area contributed by atoms with Gasteiger partial charge in [0, 0.05) is 24.8 Å². The molecule has 0 spiro atoms. The molecule has 0 aliphatic heterocycles. The van der Waals surface area contributed by atoms with Gasteiger partial charge in [-0.05, 0) is 87.4 Å². The Balaban J connectivity index is 0.00000114. The van der Waals surface area contributed by atoms with Crippen LogP contribution in [-0.2, 0) is 11.2 Å². The minimum absolute atomic E-state index is 0.0876. The molecular formula is C38H59NO3. The number of carbonyl (C=O) groups is 1. The summed E-state index contributed by atoms with van der Waals surface area (Å²) in [4.78, 5) is 16.1. The third kappa shape index (κ3) is 12.0. The molecule has 2 aromatic rings. The molecule has 2 aromatic carbocycles. The fourth-order valence-electron chi connectivity index (χ4n) is 4.91. The Labute approximate surface area is 257 Å². The van der Waals surface area contributed by atoms with E-state index in [4.69, 9.17) is 4.74 Å². The predicted octanol–water partition coefficient (Wildman–Crippen LogP) is 9.72. The van der Waals surface area contributed by atoms with Gasteiger partial charge in [-0.2, -0.15) is 0 Å². The number of ketones is 1. The molecular weight excluding hydrogens is 518 g/mol. The van der Waals surface area contributed by atoms with Gasteiger partial charge in [-0.1, -0.05) is 109 Å². The Hall–Kier alpha value is -2.53. The van der Waals surface area contributed by atoms with Crippen LogP contribution in [0.15, 0.2) is 54.6 Å². The second-order valence-corrected chi connectivity index (χ2v) is 11.1. The lowest BCUT2D eigenvalue weighted by Gasteiger charge is -2.25. The van der Waals surface area contributed by atoms with Crippen LogP contribution in [0.1, 0.15) is 132 Å². The Kier molecular flexibility index (Phi) is 18.9. The maximum Gasteiger partial charge on any atom is 0.193 e. The summed E-state index contributed by atoms with van der Waals surface area (Å²) in [6.07, 6.45) is 10.3. The number of rotatable bonds is 16. The topological polar surface area (TPSA) is 49.8 Å². The van der Waals surface area contributed by atoms with E-state index in [0.717, 1.165) is 86.7 Å². The molecule has 1 aliphatic rings. The van der Waals surface area contributed by atoms with E-state index in [9.17, 15) is 9.90 Å². The van der Waals surface area contributed by atoms with Crippen molar-refractivity contribution < 1.29 is 14.6 Å². The van der Waals surface area contributed by atoms with Crippen molar-refractivity contribution in [3.05, 3.63) is 82.4 Å². The number of allylic oxidation sites excluding steroid dienone is 2. The number of nitrogens with zero attached hydrogens (tertiary/aromatic N) is 1. The van der Waals surface area contributed by atoms with Gasteiger partial charge in [-0.25, -0.2) is 0 Å².